The summed E-state index contributed by atoms with van der Waals surface area (Å²) in [5.41, 5.74) is 5.58. The van der Waals surface area contributed by atoms with E-state index in [2.05, 4.69) is 0 Å². The Morgan fingerprint density at radius 1 is 1.65 bits per heavy atom. The van der Waals surface area contributed by atoms with Gasteiger partial charge in [0.25, 0.3) is 5.69 Å². The summed E-state index contributed by atoms with van der Waals surface area (Å²) in [5, 5.41) is 19.3. The first-order valence-electron chi connectivity index (χ1n) is 4.80. The van der Waals surface area contributed by atoms with Crippen molar-refractivity contribution in [3.05, 3.63) is 33.9 Å². The van der Waals surface area contributed by atoms with Crippen LogP contribution in [-0.2, 0) is 4.79 Å². The van der Waals surface area contributed by atoms with Crippen LogP contribution in [0.25, 0.3) is 0 Å². The van der Waals surface area contributed by atoms with Crippen molar-refractivity contribution in [1.29, 1.82) is 0 Å². The summed E-state index contributed by atoms with van der Waals surface area (Å²) < 4.78 is 5.09. The molecule has 0 aromatic heterocycles. The number of hydrogen-bond acceptors (Lipinski definition) is 5. The Morgan fingerprint density at radius 2 is 2.29 bits per heavy atom. The van der Waals surface area contributed by atoms with E-state index in [1.165, 1.54) is 18.2 Å². The second-order valence-corrected chi connectivity index (χ2v) is 3.39. The molecule has 0 saturated heterocycles. The summed E-state index contributed by atoms with van der Waals surface area (Å²) in [7, 11) is 0. The van der Waals surface area contributed by atoms with Crippen LogP contribution in [0.4, 0.5) is 5.69 Å². The maximum Gasteiger partial charge on any atom is 0.346 e. The predicted molar refractivity (Wildman–Crippen MR) is 58.9 cm³/mol. The Hall–Kier alpha value is -2.15. The number of benzene rings is 1. The average Bonchev–Trinajstić information content (AvgIpc) is 2.24. The number of ether oxygens (including phenoxy) is 1. The van der Waals surface area contributed by atoms with Crippen molar-refractivity contribution in [1.82, 2.24) is 0 Å². The summed E-state index contributed by atoms with van der Waals surface area (Å²) in [6.07, 6.45) is -1.16. The highest BCUT2D eigenvalue weighted by molar-refractivity contribution is 5.73. The van der Waals surface area contributed by atoms with E-state index in [4.69, 9.17) is 15.6 Å². The molecule has 0 bridgehead atoms. The summed E-state index contributed by atoms with van der Waals surface area (Å²) in [4.78, 5) is 20.7. The van der Waals surface area contributed by atoms with E-state index in [1.807, 2.05) is 0 Å². The summed E-state index contributed by atoms with van der Waals surface area (Å²) >= 11 is 0. The number of nitro benzene ring substituents is 1. The fraction of sp³-hybridized carbons (Fsp3) is 0.300. The van der Waals surface area contributed by atoms with E-state index in [0.717, 1.165) is 0 Å². The third-order valence-corrected chi connectivity index (χ3v) is 2.13. The van der Waals surface area contributed by atoms with E-state index in [-0.39, 0.29) is 18.0 Å². The quantitative estimate of drug-likeness (QED) is 0.578. The second-order valence-electron chi connectivity index (χ2n) is 3.39. The van der Waals surface area contributed by atoms with Crippen molar-refractivity contribution in [2.24, 2.45) is 5.73 Å². The summed E-state index contributed by atoms with van der Waals surface area (Å²) in [6.45, 7) is 1.37. The monoisotopic (exact) mass is 240 g/mol. The molecule has 1 rings (SSSR count). The zero-order valence-corrected chi connectivity index (χ0v) is 9.12. The van der Waals surface area contributed by atoms with E-state index in [9.17, 15) is 14.9 Å². The maximum atomic E-state index is 10.7. The number of nitrogens with two attached hydrogens (primary N) is 1. The number of aliphatic carboxylic acids is 1. The number of nitrogens with zero attached hydrogens (tertiary/aromatic N) is 1. The molecule has 1 aromatic rings. The minimum absolute atomic E-state index is 0.0445. The third-order valence-electron chi connectivity index (χ3n) is 2.13. The first-order chi connectivity index (χ1) is 7.95. The van der Waals surface area contributed by atoms with Gasteiger partial charge in [-0.2, -0.15) is 0 Å². The number of hydrogen-bond donors (Lipinski definition) is 2. The lowest BCUT2D eigenvalue weighted by Gasteiger charge is -2.13. The molecule has 0 aliphatic heterocycles. The number of aryl methyl sites for hydroxylation is 1. The van der Waals surface area contributed by atoms with Gasteiger partial charge < -0.3 is 15.6 Å². The van der Waals surface area contributed by atoms with Crippen molar-refractivity contribution in [2.45, 2.75) is 13.0 Å². The number of carboxylic acid groups (broad SMARTS) is 1. The molecule has 17 heavy (non-hydrogen) atoms. The molecule has 3 N–H and O–H groups in total. The van der Waals surface area contributed by atoms with Gasteiger partial charge in [0, 0.05) is 18.2 Å². The zero-order valence-electron chi connectivity index (χ0n) is 9.12. The molecular weight excluding hydrogens is 228 g/mol. The number of rotatable bonds is 5. The van der Waals surface area contributed by atoms with Crippen LogP contribution in [0.2, 0.25) is 0 Å². The van der Waals surface area contributed by atoms with Crippen molar-refractivity contribution >= 4 is 11.7 Å². The lowest BCUT2D eigenvalue weighted by atomic mass is 10.2. The van der Waals surface area contributed by atoms with E-state index < -0.39 is 17.0 Å². The Morgan fingerprint density at radius 3 is 2.71 bits per heavy atom. The van der Waals surface area contributed by atoms with Crippen LogP contribution in [0, 0.1) is 17.0 Å². The molecule has 0 heterocycles. The van der Waals surface area contributed by atoms with Crippen molar-refractivity contribution in [3.63, 3.8) is 0 Å². The predicted octanol–water partition coefficient (Wildman–Crippen LogP) is 0.694. The van der Waals surface area contributed by atoms with E-state index in [0.29, 0.717) is 5.56 Å². The van der Waals surface area contributed by atoms with Gasteiger partial charge in [-0.15, -0.1) is 0 Å². The molecule has 0 fully saturated rings. The van der Waals surface area contributed by atoms with Crippen molar-refractivity contribution in [2.75, 3.05) is 6.54 Å². The minimum atomic E-state index is -1.18. The van der Waals surface area contributed by atoms with Crippen molar-refractivity contribution in [3.8, 4) is 5.75 Å². The SMILES string of the molecule is Cc1cc(OC(CN)C(=O)O)ccc1[N+](=O)[O-]. The Labute approximate surface area is 97.0 Å². The van der Waals surface area contributed by atoms with Crippen LogP contribution in [0.3, 0.4) is 0 Å². The molecule has 1 unspecified atom stereocenters. The van der Waals surface area contributed by atoms with E-state index >= 15 is 0 Å². The first kappa shape index (κ1) is 12.9. The van der Waals surface area contributed by atoms with Gasteiger partial charge in [-0.25, -0.2) is 4.79 Å². The van der Waals surface area contributed by atoms with Gasteiger partial charge in [-0.05, 0) is 19.1 Å². The van der Waals surface area contributed by atoms with Gasteiger partial charge in [0.15, 0.2) is 0 Å². The average molecular weight is 240 g/mol. The molecule has 0 aliphatic rings. The molecule has 0 amide bonds. The van der Waals surface area contributed by atoms with Gasteiger partial charge in [0.1, 0.15) is 5.75 Å². The Balaban J connectivity index is 2.90. The largest absolute Gasteiger partial charge is 0.478 e. The van der Waals surface area contributed by atoms with Crippen LogP contribution in [-0.4, -0.2) is 28.6 Å². The molecule has 92 valence electrons. The lowest BCUT2D eigenvalue weighted by Crippen LogP contribution is -2.34. The molecule has 1 atom stereocenters. The van der Waals surface area contributed by atoms with Crippen LogP contribution in [0.15, 0.2) is 18.2 Å². The molecule has 0 saturated carbocycles. The highest BCUT2D eigenvalue weighted by Gasteiger charge is 2.18. The highest BCUT2D eigenvalue weighted by atomic mass is 16.6. The van der Waals surface area contributed by atoms with Crippen molar-refractivity contribution < 1.29 is 19.6 Å². The molecule has 7 nitrogen and oxygen atoms in total. The molecule has 0 radical (unpaired) electrons. The molecular formula is C10H12N2O5. The number of carboxylic acids is 1. The van der Waals surface area contributed by atoms with E-state index in [1.54, 1.807) is 6.92 Å². The topological polar surface area (TPSA) is 116 Å². The second kappa shape index (κ2) is 5.26. The third kappa shape index (κ3) is 3.15. The molecule has 0 spiro atoms. The van der Waals surface area contributed by atoms with Gasteiger partial charge in [-0.1, -0.05) is 0 Å². The number of nitro groups is 1. The first-order valence-corrected chi connectivity index (χ1v) is 4.80. The maximum absolute atomic E-state index is 10.7. The fourth-order valence-electron chi connectivity index (χ4n) is 1.27. The lowest BCUT2D eigenvalue weighted by molar-refractivity contribution is -0.385. The Kier molecular flexibility index (Phi) is 4.00. The van der Waals surface area contributed by atoms with Gasteiger partial charge in [0.05, 0.1) is 4.92 Å². The van der Waals surface area contributed by atoms with Crippen LogP contribution < -0.4 is 10.5 Å². The van der Waals surface area contributed by atoms with Crippen LogP contribution in [0.1, 0.15) is 5.56 Å². The van der Waals surface area contributed by atoms with Gasteiger partial charge in [0.2, 0.25) is 6.10 Å². The normalized spacial score (nSPS) is 11.9. The standard InChI is InChI=1S/C10H12N2O5/c1-6-4-7(2-3-8(6)12(15)16)17-9(5-11)10(13)14/h2-4,9H,5,11H2,1H3,(H,13,14). The smallest absolute Gasteiger partial charge is 0.346 e. The van der Waals surface area contributed by atoms with Gasteiger partial charge >= 0.3 is 5.97 Å². The summed E-state index contributed by atoms with van der Waals surface area (Å²) in [6, 6.07) is 4.01. The zero-order chi connectivity index (χ0) is 13.0. The minimum Gasteiger partial charge on any atom is -0.478 e. The van der Waals surface area contributed by atoms with Crippen LogP contribution in [0.5, 0.6) is 5.75 Å². The molecule has 1 aromatic carbocycles. The van der Waals surface area contributed by atoms with Crippen LogP contribution >= 0.6 is 0 Å². The summed E-state index contributed by atoms with van der Waals surface area (Å²) in [5.74, 6) is -0.936. The Bertz CT molecular complexity index is 446. The van der Waals surface area contributed by atoms with Gasteiger partial charge in [-0.3, -0.25) is 10.1 Å². The highest BCUT2D eigenvalue weighted by Crippen LogP contribution is 2.23. The molecule has 7 heteroatoms. The fourth-order valence-corrected chi connectivity index (χ4v) is 1.27. The molecule has 0 aliphatic carbocycles. The number of carbonyl (C=O) groups is 1.